The van der Waals surface area contributed by atoms with Gasteiger partial charge in [-0.25, -0.2) is 15.0 Å². The van der Waals surface area contributed by atoms with Crippen LogP contribution in [0, 0.1) is 6.92 Å². The topological polar surface area (TPSA) is 71.5 Å². The van der Waals surface area contributed by atoms with Gasteiger partial charge in [0.15, 0.2) is 5.78 Å². The van der Waals surface area contributed by atoms with Gasteiger partial charge in [0.25, 0.3) is 0 Å². The van der Waals surface area contributed by atoms with Crippen molar-refractivity contribution in [2.24, 2.45) is 0 Å². The van der Waals surface area contributed by atoms with Crippen molar-refractivity contribution in [3.8, 4) is 5.75 Å². The van der Waals surface area contributed by atoms with Crippen molar-refractivity contribution in [2.75, 3.05) is 43.1 Å². The van der Waals surface area contributed by atoms with Crippen molar-refractivity contribution in [3.05, 3.63) is 71.2 Å². The normalized spacial score (nSPS) is 18.4. The Morgan fingerprint density at radius 1 is 0.938 bits per heavy atom. The lowest BCUT2D eigenvalue weighted by Gasteiger charge is -2.36. The average Bonchev–Trinajstić information content (AvgIpc) is 2.84. The summed E-state index contributed by atoms with van der Waals surface area (Å²) in [5.41, 5.74) is 3.52. The maximum absolute atomic E-state index is 13.0. The number of hydrogen-bond acceptors (Lipinski definition) is 7. The number of piperazine rings is 1. The van der Waals surface area contributed by atoms with E-state index in [1.807, 2.05) is 55.6 Å². The molecule has 0 amide bonds. The fourth-order valence-electron chi connectivity index (χ4n) is 4.69. The maximum atomic E-state index is 13.0. The minimum atomic E-state index is 0.129. The van der Waals surface area contributed by atoms with E-state index in [1.54, 1.807) is 7.11 Å². The van der Waals surface area contributed by atoms with Gasteiger partial charge in [-0.3, -0.25) is 4.79 Å². The highest BCUT2D eigenvalue weighted by Gasteiger charge is 2.31. The lowest BCUT2D eigenvalue weighted by molar-refractivity contribution is 0.0962. The minimum absolute atomic E-state index is 0.129. The summed E-state index contributed by atoms with van der Waals surface area (Å²) in [7, 11) is 1.66. The van der Waals surface area contributed by atoms with Crippen LogP contribution in [0.1, 0.15) is 39.6 Å². The summed E-state index contributed by atoms with van der Waals surface area (Å²) in [4.78, 5) is 31.5. The summed E-state index contributed by atoms with van der Waals surface area (Å²) in [5, 5.41) is 0. The summed E-state index contributed by atoms with van der Waals surface area (Å²) < 4.78 is 5.27. The number of pyridine rings is 1. The first kappa shape index (κ1) is 20.4. The molecular weight excluding hydrogens is 402 g/mol. The van der Waals surface area contributed by atoms with Crippen LogP contribution in [0.4, 0.5) is 11.8 Å². The van der Waals surface area contributed by atoms with Crippen LogP contribution >= 0.6 is 0 Å². The zero-order valence-electron chi connectivity index (χ0n) is 18.5. The Morgan fingerprint density at radius 2 is 1.69 bits per heavy atom. The van der Waals surface area contributed by atoms with Crippen molar-refractivity contribution < 1.29 is 9.53 Å². The van der Waals surface area contributed by atoms with Crippen LogP contribution in [0.3, 0.4) is 0 Å². The van der Waals surface area contributed by atoms with Gasteiger partial charge in [-0.2, -0.15) is 0 Å². The number of nitrogens with zero attached hydrogens (tertiary/aromatic N) is 5. The number of ketones is 1. The number of hydrogen-bond donors (Lipinski definition) is 0. The first-order chi connectivity index (χ1) is 15.6. The van der Waals surface area contributed by atoms with Gasteiger partial charge in [-0.1, -0.05) is 18.2 Å². The van der Waals surface area contributed by atoms with Gasteiger partial charge in [0.2, 0.25) is 5.95 Å². The molecule has 3 heterocycles. The Kier molecular flexibility index (Phi) is 5.47. The highest BCUT2D eigenvalue weighted by Crippen LogP contribution is 2.34. The molecule has 5 rings (SSSR count). The maximum Gasteiger partial charge on any atom is 0.225 e. The van der Waals surface area contributed by atoms with Gasteiger partial charge in [0.05, 0.1) is 24.1 Å². The first-order valence-corrected chi connectivity index (χ1v) is 11.1. The second kappa shape index (κ2) is 8.57. The second-order valence-corrected chi connectivity index (χ2v) is 8.39. The Balaban J connectivity index is 1.35. The lowest BCUT2D eigenvalue weighted by atomic mass is 9.81. The van der Waals surface area contributed by atoms with Crippen LogP contribution in [0.5, 0.6) is 5.75 Å². The molecule has 1 saturated heterocycles. The molecule has 1 aliphatic heterocycles. The number of aromatic nitrogens is 3. The number of methoxy groups -OCH3 is 1. The van der Waals surface area contributed by atoms with E-state index in [9.17, 15) is 4.79 Å². The first-order valence-electron chi connectivity index (χ1n) is 11.1. The Bertz CT molecular complexity index is 1110. The SMILES string of the molecule is COc1ccc([C@@H]2CC(=O)c3c(C)nc(N4CCN(c5ccccn5)CC4)nc3C2)cc1. The highest BCUT2D eigenvalue weighted by molar-refractivity contribution is 5.99. The van der Waals surface area contributed by atoms with Gasteiger partial charge < -0.3 is 14.5 Å². The molecule has 7 heteroatoms. The van der Waals surface area contributed by atoms with Crippen LogP contribution in [-0.4, -0.2) is 54.0 Å². The molecule has 1 fully saturated rings. The third kappa shape index (κ3) is 3.90. The molecule has 32 heavy (non-hydrogen) atoms. The number of carbonyl (C=O) groups excluding carboxylic acids is 1. The fourth-order valence-corrected chi connectivity index (χ4v) is 4.69. The van der Waals surface area contributed by atoms with Crippen molar-refractivity contribution in [3.63, 3.8) is 0 Å². The van der Waals surface area contributed by atoms with E-state index in [0.717, 1.165) is 67.1 Å². The predicted molar refractivity (Wildman–Crippen MR) is 124 cm³/mol. The number of carbonyl (C=O) groups is 1. The van der Waals surface area contributed by atoms with Crippen molar-refractivity contribution in [2.45, 2.75) is 25.7 Å². The molecular formula is C25H27N5O2. The summed E-state index contributed by atoms with van der Waals surface area (Å²) in [6, 6.07) is 14.0. The number of benzene rings is 1. The molecule has 1 aliphatic carbocycles. The van der Waals surface area contributed by atoms with Crippen molar-refractivity contribution in [1.82, 2.24) is 15.0 Å². The van der Waals surface area contributed by atoms with Gasteiger partial charge in [-0.15, -0.1) is 0 Å². The Hall–Kier alpha value is -3.48. The van der Waals surface area contributed by atoms with Crippen LogP contribution in [-0.2, 0) is 6.42 Å². The van der Waals surface area contributed by atoms with E-state index in [2.05, 4.69) is 14.8 Å². The van der Waals surface area contributed by atoms with E-state index in [-0.39, 0.29) is 11.7 Å². The van der Waals surface area contributed by atoms with Crippen LogP contribution in [0.25, 0.3) is 0 Å². The summed E-state index contributed by atoms with van der Waals surface area (Å²) in [6.45, 7) is 5.31. The van der Waals surface area contributed by atoms with Crippen LogP contribution < -0.4 is 14.5 Å². The number of rotatable bonds is 4. The molecule has 0 N–H and O–H groups in total. The molecule has 0 bridgehead atoms. The molecule has 3 aromatic rings. The second-order valence-electron chi connectivity index (χ2n) is 8.39. The molecule has 0 radical (unpaired) electrons. The number of fused-ring (bicyclic) bond motifs is 1. The third-order valence-corrected chi connectivity index (χ3v) is 6.43. The predicted octanol–water partition coefficient (Wildman–Crippen LogP) is 3.43. The zero-order chi connectivity index (χ0) is 22.1. The number of anilines is 2. The summed E-state index contributed by atoms with van der Waals surface area (Å²) in [6.07, 6.45) is 3.07. The highest BCUT2D eigenvalue weighted by atomic mass is 16.5. The molecule has 0 unspecified atom stereocenters. The molecule has 0 spiro atoms. The van der Waals surface area contributed by atoms with Gasteiger partial charge in [0, 0.05) is 38.8 Å². The molecule has 2 aromatic heterocycles. The van der Waals surface area contributed by atoms with Crippen LogP contribution in [0.15, 0.2) is 48.7 Å². The standard InChI is InChI=1S/C25H27N5O2/c1-17-24-21(15-19(16-22(24)31)18-6-8-20(32-2)9-7-18)28-25(27-17)30-13-11-29(12-14-30)23-5-3-4-10-26-23/h3-10,19H,11-16H2,1-2H3/t19-/m0/s1. The third-order valence-electron chi connectivity index (χ3n) is 6.43. The smallest absolute Gasteiger partial charge is 0.225 e. The Morgan fingerprint density at radius 3 is 2.38 bits per heavy atom. The van der Waals surface area contributed by atoms with Crippen LogP contribution in [0.2, 0.25) is 0 Å². The summed E-state index contributed by atoms with van der Waals surface area (Å²) in [5.74, 6) is 2.81. The summed E-state index contributed by atoms with van der Waals surface area (Å²) >= 11 is 0. The minimum Gasteiger partial charge on any atom is -0.497 e. The van der Waals surface area contributed by atoms with E-state index in [4.69, 9.17) is 14.7 Å². The zero-order valence-corrected chi connectivity index (χ0v) is 18.5. The van der Waals surface area contributed by atoms with Crippen molar-refractivity contribution in [1.29, 1.82) is 0 Å². The molecule has 7 nitrogen and oxygen atoms in total. The van der Waals surface area contributed by atoms with Gasteiger partial charge in [0.1, 0.15) is 11.6 Å². The lowest BCUT2D eigenvalue weighted by Crippen LogP contribution is -2.47. The average molecular weight is 430 g/mol. The monoisotopic (exact) mass is 429 g/mol. The fraction of sp³-hybridized carbons (Fsp3) is 0.360. The molecule has 164 valence electrons. The van der Waals surface area contributed by atoms with E-state index in [0.29, 0.717) is 12.0 Å². The largest absolute Gasteiger partial charge is 0.497 e. The van der Waals surface area contributed by atoms with Crippen molar-refractivity contribution >= 4 is 17.5 Å². The van der Waals surface area contributed by atoms with E-state index < -0.39 is 0 Å². The van der Waals surface area contributed by atoms with Gasteiger partial charge >= 0.3 is 0 Å². The number of Topliss-reactive ketones (excluding diaryl/α,β-unsaturated/α-hetero) is 1. The van der Waals surface area contributed by atoms with E-state index >= 15 is 0 Å². The van der Waals surface area contributed by atoms with Gasteiger partial charge in [-0.05, 0) is 49.1 Å². The molecule has 0 saturated carbocycles. The Labute approximate surface area is 188 Å². The number of aryl methyl sites for hydroxylation is 1. The quantitative estimate of drug-likeness (QED) is 0.629. The number of ether oxygens (including phenoxy) is 1. The molecule has 1 atom stereocenters. The molecule has 1 aromatic carbocycles. The van der Waals surface area contributed by atoms with E-state index in [1.165, 1.54) is 0 Å². The molecule has 2 aliphatic rings.